The van der Waals surface area contributed by atoms with Crippen LogP contribution < -0.4 is 15.0 Å². The van der Waals surface area contributed by atoms with Crippen molar-refractivity contribution in [2.75, 3.05) is 57.4 Å². The number of pyridine rings is 1. The minimum absolute atomic E-state index is 0.0364. The van der Waals surface area contributed by atoms with Gasteiger partial charge in [0, 0.05) is 61.3 Å². The van der Waals surface area contributed by atoms with Crippen LogP contribution in [0.4, 0.5) is 14.6 Å². The Labute approximate surface area is 293 Å². The fourth-order valence-electron chi connectivity index (χ4n) is 7.12. The van der Waals surface area contributed by atoms with E-state index in [1.807, 2.05) is 4.90 Å². The van der Waals surface area contributed by atoms with Crippen molar-refractivity contribution < 1.29 is 28.2 Å². The second kappa shape index (κ2) is 14.1. The molecule has 1 aliphatic carbocycles. The van der Waals surface area contributed by atoms with E-state index >= 15 is 4.39 Å². The Morgan fingerprint density at radius 3 is 2.76 bits per heavy atom. The normalized spacial score (nSPS) is 20.3. The van der Waals surface area contributed by atoms with E-state index in [9.17, 15) is 19.6 Å². The zero-order valence-corrected chi connectivity index (χ0v) is 28.0. The largest absolute Gasteiger partial charge is 0.508 e. The molecule has 11 nitrogen and oxygen atoms in total. The molecule has 2 aromatic heterocycles. The molecule has 1 saturated carbocycles. The Bertz CT molecular complexity index is 2100. The molecule has 3 fully saturated rings. The van der Waals surface area contributed by atoms with Gasteiger partial charge in [0.1, 0.15) is 28.6 Å². The first-order valence-corrected chi connectivity index (χ1v) is 17.0. The number of terminal acetylenes is 1. The van der Waals surface area contributed by atoms with Gasteiger partial charge in [0.05, 0.1) is 42.8 Å². The second-order valence-electron chi connectivity index (χ2n) is 13.6. The Hall–Kier alpha value is -5.37. The van der Waals surface area contributed by atoms with Crippen LogP contribution in [0.15, 0.2) is 43.1 Å². The lowest BCUT2D eigenvalue weighted by atomic mass is 9.96. The number of fused-ring (bicyclic) bond motifs is 2. The maximum atomic E-state index is 17.0. The number of nitriles is 1. The molecule has 0 spiro atoms. The van der Waals surface area contributed by atoms with Crippen LogP contribution in [0.3, 0.4) is 0 Å². The molecule has 2 aliphatic heterocycles. The van der Waals surface area contributed by atoms with Gasteiger partial charge in [-0.1, -0.05) is 18.6 Å². The van der Waals surface area contributed by atoms with E-state index in [0.717, 1.165) is 32.5 Å². The van der Waals surface area contributed by atoms with Gasteiger partial charge in [0.2, 0.25) is 5.91 Å². The first kappa shape index (κ1) is 34.1. The lowest BCUT2D eigenvalue weighted by Crippen LogP contribution is -2.42. The fraction of sp³-hybridized carbons (Fsp3) is 0.395. The molecule has 2 atom stereocenters. The number of hydrogen-bond acceptors (Lipinski definition) is 10. The van der Waals surface area contributed by atoms with Crippen molar-refractivity contribution in [1.29, 1.82) is 5.26 Å². The molecule has 2 N–H and O–H groups in total. The Morgan fingerprint density at radius 2 is 2.04 bits per heavy atom. The summed E-state index contributed by atoms with van der Waals surface area (Å²) in [6.45, 7) is 8.43. The van der Waals surface area contributed by atoms with Gasteiger partial charge < -0.3 is 24.8 Å². The van der Waals surface area contributed by atoms with Crippen molar-refractivity contribution in [3.63, 3.8) is 0 Å². The molecule has 0 radical (unpaired) electrons. The van der Waals surface area contributed by atoms with E-state index in [-0.39, 0.29) is 68.7 Å². The van der Waals surface area contributed by atoms with Crippen LogP contribution in [-0.2, 0) is 9.53 Å². The highest BCUT2D eigenvalue weighted by atomic mass is 19.1. The second-order valence-corrected chi connectivity index (χ2v) is 13.6. The number of morpholine rings is 1. The molecule has 1 amide bonds. The van der Waals surface area contributed by atoms with Crippen LogP contribution in [-0.4, -0.2) is 89.5 Å². The molecular weight excluding hydrogens is 656 g/mol. The molecule has 2 saturated heterocycles. The fourth-order valence-corrected chi connectivity index (χ4v) is 7.12. The molecule has 2 aromatic carbocycles. The predicted octanol–water partition coefficient (Wildman–Crippen LogP) is 4.71. The molecule has 4 heterocycles. The molecule has 51 heavy (non-hydrogen) atoms. The number of benzene rings is 2. The molecule has 262 valence electrons. The van der Waals surface area contributed by atoms with Crippen molar-refractivity contribution in [3.8, 4) is 41.4 Å². The van der Waals surface area contributed by atoms with E-state index in [2.05, 4.69) is 38.8 Å². The molecule has 13 heteroatoms. The predicted molar refractivity (Wildman–Crippen MR) is 187 cm³/mol. The zero-order valence-electron chi connectivity index (χ0n) is 28.0. The number of ether oxygens (including phenoxy) is 2. The minimum Gasteiger partial charge on any atom is -0.508 e. The van der Waals surface area contributed by atoms with Crippen LogP contribution in [0.5, 0.6) is 11.8 Å². The third-order valence-corrected chi connectivity index (χ3v) is 9.99. The highest BCUT2D eigenvalue weighted by Gasteiger charge is 2.45. The summed E-state index contributed by atoms with van der Waals surface area (Å²) in [6, 6.07) is 7.24. The average molecular weight is 694 g/mol. The third kappa shape index (κ3) is 7.00. The maximum absolute atomic E-state index is 17.0. The van der Waals surface area contributed by atoms with Crippen molar-refractivity contribution in [2.45, 2.75) is 31.7 Å². The Balaban J connectivity index is 1.33. The van der Waals surface area contributed by atoms with E-state index in [1.165, 1.54) is 36.5 Å². The summed E-state index contributed by atoms with van der Waals surface area (Å²) in [6.07, 6.45) is 11.1. The summed E-state index contributed by atoms with van der Waals surface area (Å²) in [5, 5.41) is 24.2. The zero-order chi connectivity index (χ0) is 35.7. The van der Waals surface area contributed by atoms with Crippen LogP contribution in [0.2, 0.25) is 0 Å². The Morgan fingerprint density at radius 1 is 1.24 bits per heavy atom. The van der Waals surface area contributed by atoms with Gasteiger partial charge in [0.25, 0.3) is 0 Å². The number of phenols is 1. The summed E-state index contributed by atoms with van der Waals surface area (Å²) in [5.41, 5.74) is -0.364. The van der Waals surface area contributed by atoms with Crippen molar-refractivity contribution >= 4 is 33.4 Å². The first-order chi connectivity index (χ1) is 24.7. The molecule has 7 rings (SSSR count). The minimum atomic E-state index is -0.837. The molecule has 4 aromatic rings. The summed E-state index contributed by atoms with van der Waals surface area (Å²) < 4.78 is 43.7. The van der Waals surface area contributed by atoms with E-state index < -0.39 is 17.7 Å². The number of rotatable bonds is 9. The van der Waals surface area contributed by atoms with E-state index in [4.69, 9.17) is 20.9 Å². The van der Waals surface area contributed by atoms with Crippen molar-refractivity contribution in [1.82, 2.24) is 25.2 Å². The van der Waals surface area contributed by atoms with Gasteiger partial charge in [-0.2, -0.15) is 15.2 Å². The van der Waals surface area contributed by atoms with Crippen LogP contribution >= 0.6 is 0 Å². The number of aromatic hydroxyl groups is 1. The lowest BCUT2D eigenvalue weighted by Gasteiger charge is -2.30. The first-order valence-electron chi connectivity index (χ1n) is 17.0. The number of nitrogens with one attached hydrogen (secondary N) is 1. The van der Waals surface area contributed by atoms with E-state index in [0.29, 0.717) is 50.4 Å². The number of halogens is 2. The molecule has 3 aliphatic rings. The molecular formula is C38H37F2N7O4. The number of phenolic OH excluding ortho intramolecular Hbond substituents is 1. The quantitative estimate of drug-likeness (QED) is 0.187. The van der Waals surface area contributed by atoms with Gasteiger partial charge in [0.15, 0.2) is 5.82 Å². The van der Waals surface area contributed by atoms with Crippen LogP contribution in [0.25, 0.3) is 32.9 Å². The van der Waals surface area contributed by atoms with Crippen LogP contribution in [0.1, 0.15) is 31.2 Å². The summed E-state index contributed by atoms with van der Waals surface area (Å²) in [5.74, 6) is 0.297. The van der Waals surface area contributed by atoms with Crippen LogP contribution in [0, 0.1) is 46.6 Å². The summed E-state index contributed by atoms with van der Waals surface area (Å²) in [4.78, 5) is 30.4. The smallest absolute Gasteiger partial charge is 0.319 e. The van der Waals surface area contributed by atoms with Gasteiger partial charge in [-0.15, -0.1) is 6.42 Å². The number of hydrogen-bond donors (Lipinski definition) is 2. The van der Waals surface area contributed by atoms with E-state index in [1.54, 1.807) is 0 Å². The highest BCUT2D eigenvalue weighted by Crippen LogP contribution is 2.47. The molecule has 0 bridgehead atoms. The van der Waals surface area contributed by atoms with Gasteiger partial charge in [-0.25, -0.2) is 8.78 Å². The number of nitrogens with zero attached hydrogens (tertiary/aromatic N) is 6. The number of carbonyl (C=O) groups is 1. The highest BCUT2D eigenvalue weighted by molar-refractivity contribution is 6.03. The number of amides is 1. The Kier molecular flexibility index (Phi) is 9.42. The monoisotopic (exact) mass is 693 g/mol. The topological polar surface area (TPSA) is 137 Å². The average Bonchev–Trinajstić information content (AvgIpc) is 3.94. The summed E-state index contributed by atoms with van der Waals surface area (Å²) in [7, 11) is 0. The lowest BCUT2D eigenvalue weighted by molar-refractivity contribution is -0.117. The number of anilines is 1. The third-order valence-electron chi connectivity index (χ3n) is 9.99. The summed E-state index contributed by atoms with van der Waals surface area (Å²) >= 11 is 0. The standard InChI is InChI=1S/C38H37F2N7O4/c1-3-27-30(39)6-5-24-16-26(48)17-28(32(24)27)34-33(40)35-29(19-42-34)36(47-10-7-23(18-41)15-25(20-47)43-31(49)4-2)45-37(44-35)51-22-38(8-9-38)21-46-11-13-50-14-12-46/h1,4-6,16-17,19,23,25,48H,2,7-15,20-22H2,(H,43,49)/t23-,25+/m1/s1. The van der Waals surface area contributed by atoms with Gasteiger partial charge in [-0.05, 0) is 55.3 Å². The number of carbonyl (C=O) groups excluding carboxylic acids is 1. The SMILES string of the molecule is C#Cc1c(F)ccc2cc(O)cc(-c3ncc4c(N5CC[C@@H](C#N)C[C@H](NC(=O)C=C)C5)nc(OCC5(CN6CCOCC6)CC5)nc4c3F)c12. The van der Waals surface area contributed by atoms with Gasteiger partial charge >= 0.3 is 6.01 Å². The maximum Gasteiger partial charge on any atom is 0.319 e. The van der Waals surface area contributed by atoms with Gasteiger partial charge in [-0.3, -0.25) is 14.7 Å². The number of aromatic nitrogens is 3. The molecule has 0 unspecified atom stereocenters. The van der Waals surface area contributed by atoms with Crippen molar-refractivity contribution in [3.05, 3.63) is 60.3 Å². The van der Waals surface area contributed by atoms with Crippen molar-refractivity contribution in [2.24, 2.45) is 11.3 Å².